The fourth-order valence-electron chi connectivity index (χ4n) is 3.82. The fraction of sp³-hybridized carbons (Fsp3) is 0.348. The smallest absolute Gasteiger partial charge is 0.263 e. The van der Waals surface area contributed by atoms with Crippen molar-refractivity contribution in [3.05, 3.63) is 59.4 Å². The van der Waals surface area contributed by atoms with Gasteiger partial charge in [0.15, 0.2) is 5.16 Å². The average Bonchev–Trinajstić information content (AvgIpc) is 3.20. The van der Waals surface area contributed by atoms with Crippen LogP contribution in [0.3, 0.4) is 0 Å². The van der Waals surface area contributed by atoms with Crippen LogP contribution in [0.2, 0.25) is 0 Å². The standard InChI is InChI=1S/C23H25N3O2S2/c1-3-12-26-22(28)18-14-19(17-10-5-4-6-11-17)30-21(18)24-23(26)29-15-20(27)25-13-8-7-9-16(25)2/h3-6,10-11,14,16H,1,7-9,12-13,15H2,2H3. The Bertz CT molecular complexity index is 1120. The highest BCUT2D eigenvalue weighted by atomic mass is 32.2. The summed E-state index contributed by atoms with van der Waals surface area (Å²) in [6.45, 7) is 7.08. The van der Waals surface area contributed by atoms with E-state index in [0.717, 1.165) is 29.8 Å². The number of rotatable bonds is 6. The second-order valence-corrected chi connectivity index (χ2v) is 9.49. The highest BCUT2D eigenvalue weighted by Crippen LogP contribution is 2.32. The molecule has 1 aliphatic rings. The molecule has 7 heteroatoms. The third-order valence-corrected chi connectivity index (χ3v) is 7.47. The van der Waals surface area contributed by atoms with E-state index in [-0.39, 0.29) is 23.3 Å². The molecule has 1 atom stereocenters. The first kappa shape index (κ1) is 20.9. The number of hydrogen-bond acceptors (Lipinski definition) is 5. The van der Waals surface area contributed by atoms with Crippen LogP contribution >= 0.6 is 23.1 Å². The Labute approximate surface area is 184 Å². The Morgan fingerprint density at radius 2 is 2.13 bits per heavy atom. The summed E-state index contributed by atoms with van der Waals surface area (Å²) in [5, 5.41) is 1.19. The predicted octanol–water partition coefficient (Wildman–Crippen LogP) is 4.80. The first-order valence-electron chi connectivity index (χ1n) is 10.2. The molecule has 1 fully saturated rings. The van der Waals surface area contributed by atoms with E-state index in [4.69, 9.17) is 4.98 Å². The van der Waals surface area contributed by atoms with Gasteiger partial charge in [-0.05, 0) is 37.8 Å². The number of amides is 1. The van der Waals surface area contributed by atoms with Crippen LogP contribution in [0.5, 0.6) is 0 Å². The minimum absolute atomic E-state index is 0.0837. The summed E-state index contributed by atoms with van der Waals surface area (Å²) in [5.74, 6) is 0.402. The second kappa shape index (κ2) is 9.18. The molecule has 0 saturated carbocycles. The van der Waals surface area contributed by atoms with Crippen molar-refractivity contribution in [2.75, 3.05) is 12.3 Å². The minimum atomic E-state index is -0.0837. The van der Waals surface area contributed by atoms with Crippen molar-refractivity contribution in [3.8, 4) is 10.4 Å². The van der Waals surface area contributed by atoms with Gasteiger partial charge in [-0.3, -0.25) is 14.2 Å². The van der Waals surface area contributed by atoms with Crippen molar-refractivity contribution in [1.29, 1.82) is 0 Å². The molecule has 1 saturated heterocycles. The fourth-order valence-corrected chi connectivity index (χ4v) is 5.79. The Morgan fingerprint density at radius 3 is 2.87 bits per heavy atom. The van der Waals surface area contributed by atoms with Gasteiger partial charge in [0, 0.05) is 24.0 Å². The number of carbonyl (C=O) groups is 1. The van der Waals surface area contributed by atoms with E-state index < -0.39 is 0 Å². The third-order valence-electron chi connectivity index (χ3n) is 5.43. The quantitative estimate of drug-likeness (QED) is 0.314. The molecular formula is C23H25N3O2S2. The molecule has 4 rings (SSSR count). The van der Waals surface area contributed by atoms with Crippen molar-refractivity contribution in [1.82, 2.24) is 14.5 Å². The highest BCUT2D eigenvalue weighted by Gasteiger charge is 2.24. The molecule has 3 aromatic rings. The van der Waals surface area contributed by atoms with E-state index >= 15 is 0 Å². The van der Waals surface area contributed by atoms with E-state index in [9.17, 15) is 9.59 Å². The molecule has 0 spiro atoms. The molecule has 156 valence electrons. The highest BCUT2D eigenvalue weighted by molar-refractivity contribution is 7.99. The van der Waals surface area contributed by atoms with E-state index in [2.05, 4.69) is 13.5 Å². The normalized spacial score (nSPS) is 16.7. The summed E-state index contributed by atoms with van der Waals surface area (Å²) in [6, 6.07) is 12.2. The lowest BCUT2D eigenvalue weighted by Crippen LogP contribution is -2.43. The summed E-state index contributed by atoms with van der Waals surface area (Å²) in [5.41, 5.74) is 0.984. The van der Waals surface area contributed by atoms with Gasteiger partial charge in [0.25, 0.3) is 5.56 Å². The van der Waals surface area contributed by atoms with Crippen molar-refractivity contribution in [2.24, 2.45) is 0 Å². The zero-order chi connectivity index (χ0) is 21.1. The van der Waals surface area contributed by atoms with Gasteiger partial charge in [0.1, 0.15) is 4.83 Å². The summed E-state index contributed by atoms with van der Waals surface area (Å²) >= 11 is 2.85. The first-order chi connectivity index (χ1) is 14.6. The van der Waals surface area contributed by atoms with Crippen molar-refractivity contribution in [3.63, 3.8) is 0 Å². The molecule has 3 heterocycles. The molecule has 0 aliphatic carbocycles. The van der Waals surface area contributed by atoms with Crippen molar-refractivity contribution in [2.45, 2.75) is 43.9 Å². The molecule has 0 N–H and O–H groups in total. The van der Waals surface area contributed by atoms with Crippen molar-refractivity contribution < 1.29 is 4.79 Å². The zero-order valence-electron chi connectivity index (χ0n) is 17.0. The largest absolute Gasteiger partial charge is 0.339 e. The average molecular weight is 440 g/mol. The van der Waals surface area contributed by atoms with E-state index in [0.29, 0.717) is 21.9 Å². The summed E-state index contributed by atoms with van der Waals surface area (Å²) in [6.07, 6.45) is 4.98. The van der Waals surface area contributed by atoms with E-state index in [1.807, 2.05) is 41.3 Å². The van der Waals surface area contributed by atoms with Gasteiger partial charge in [-0.1, -0.05) is 48.2 Å². The van der Waals surface area contributed by atoms with Crippen LogP contribution < -0.4 is 5.56 Å². The lowest BCUT2D eigenvalue weighted by Gasteiger charge is -2.33. The first-order valence-corrected chi connectivity index (χ1v) is 12.0. The number of benzene rings is 1. The van der Waals surface area contributed by atoms with Crippen LogP contribution in [0.4, 0.5) is 0 Å². The molecule has 1 aromatic carbocycles. The number of thioether (sulfide) groups is 1. The monoisotopic (exact) mass is 439 g/mol. The number of likely N-dealkylation sites (tertiary alicyclic amines) is 1. The third kappa shape index (κ3) is 4.23. The molecule has 5 nitrogen and oxygen atoms in total. The number of fused-ring (bicyclic) bond motifs is 1. The summed E-state index contributed by atoms with van der Waals surface area (Å²) in [4.78, 5) is 34.4. The lowest BCUT2D eigenvalue weighted by atomic mass is 10.0. The molecule has 0 radical (unpaired) electrons. The van der Waals surface area contributed by atoms with E-state index in [1.165, 1.54) is 29.5 Å². The number of thiophene rings is 1. The number of aromatic nitrogens is 2. The number of piperidine rings is 1. The van der Waals surface area contributed by atoms with Crippen LogP contribution in [-0.2, 0) is 11.3 Å². The topological polar surface area (TPSA) is 55.2 Å². The second-order valence-electron chi connectivity index (χ2n) is 7.51. The Kier molecular flexibility index (Phi) is 6.39. The van der Waals surface area contributed by atoms with Gasteiger partial charge in [-0.15, -0.1) is 17.9 Å². The van der Waals surface area contributed by atoms with Gasteiger partial charge in [-0.2, -0.15) is 0 Å². The number of nitrogens with zero attached hydrogens (tertiary/aromatic N) is 3. The lowest BCUT2D eigenvalue weighted by molar-refractivity contribution is -0.131. The molecule has 1 amide bonds. The maximum absolute atomic E-state index is 13.2. The summed E-state index contributed by atoms with van der Waals surface area (Å²) in [7, 11) is 0. The van der Waals surface area contributed by atoms with Crippen LogP contribution in [0.1, 0.15) is 26.2 Å². The summed E-state index contributed by atoms with van der Waals surface area (Å²) < 4.78 is 1.62. The molecule has 0 bridgehead atoms. The molecule has 1 unspecified atom stereocenters. The van der Waals surface area contributed by atoms with Crippen LogP contribution in [0.25, 0.3) is 20.7 Å². The maximum atomic E-state index is 13.2. The van der Waals surface area contributed by atoms with Gasteiger partial charge < -0.3 is 4.90 Å². The minimum Gasteiger partial charge on any atom is -0.339 e. The van der Waals surface area contributed by atoms with Crippen LogP contribution in [0, 0.1) is 0 Å². The van der Waals surface area contributed by atoms with Crippen LogP contribution in [0.15, 0.2) is 59.0 Å². The van der Waals surface area contributed by atoms with E-state index in [1.54, 1.807) is 10.6 Å². The van der Waals surface area contributed by atoms with Gasteiger partial charge >= 0.3 is 0 Å². The number of allylic oxidation sites excluding steroid dienone is 1. The Hall–Kier alpha value is -2.38. The predicted molar refractivity (Wildman–Crippen MR) is 125 cm³/mol. The van der Waals surface area contributed by atoms with Crippen LogP contribution in [-0.4, -0.2) is 38.7 Å². The SMILES string of the molecule is C=CCn1c(SCC(=O)N2CCCCC2C)nc2sc(-c3ccccc3)cc2c1=O. The van der Waals surface area contributed by atoms with Crippen molar-refractivity contribution >= 4 is 39.2 Å². The Balaban J connectivity index is 1.64. The van der Waals surface area contributed by atoms with Gasteiger partial charge in [0.2, 0.25) is 5.91 Å². The Morgan fingerprint density at radius 1 is 1.33 bits per heavy atom. The van der Waals surface area contributed by atoms with Gasteiger partial charge in [0.05, 0.1) is 11.1 Å². The maximum Gasteiger partial charge on any atom is 0.263 e. The zero-order valence-corrected chi connectivity index (χ0v) is 18.7. The molecular weight excluding hydrogens is 414 g/mol. The van der Waals surface area contributed by atoms with Gasteiger partial charge in [-0.25, -0.2) is 4.98 Å². The number of hydrogen-bond donors (Lipinski definition) is 0. The molecule has 2 aromatic heterocycles. The number of carbonyl (C=O) groups excluding carboxylic acids is 1. The molecule has 1 aliphatic heterocycles. The molecule has 30 heavy (non-hydrogen) atoms.